The number of hydrogen-bond donors (Lipinski definition) is 2. The molecule has 0 spiro atoms. The molecule has 2 unspecified atom stereocenters. The second kappa shape index (κ2) is 3.72. The van der Waals surface area contributed by atoms with Gasteiger partial charge in [0.1, 0.15) is 0 Å². The van der Waals surface area contributed by atoms with Crippen molar-refractivity contribution in [3.63, 3.8) is 0 Å². The van der Waals surface area contributed by atoms with Crippen molar-refractivity contribution in [3.05, 3.63) is 11.6 Å². The summed E-state index contributed by atoms with van der Waals surface area (Å²) in [6.45, 7) is 1.63. The van der Waals surface area contributed by atoms with Crippen molar-refractivity contribution in [2.24, 2.45) is 5.92 Å². The summed E-state index contributed by atoms with van der Waals surface area (Å²) < 4.78 is 0. The molecule has 0 amide bonds. The van der Waals surface area contributed by atoms with Crippen LogP contribution in [-0.2, 0) is 4.79 Å². The van der Waals surface area contributed by atoms with Gasteiger partial charge in [-0.25, -0.2) is 0 Å². The molecule has 3 heteroatoms. The van der Waals surface area contributed by atoms with Crippen molar-refractivity contribution in [1.29, 1.82) is 0 Å². The van der Waals surface area contributed by atoms with Gasteiger partial charge in [0.25, 0.3) is 0 Å². The van der Waals surface area contributed by atoms with Gasteiger partial charge in [0, 0.05) is 0 Å². The summed E-state index contributed by atoms with van der Waals surface area (Å²) in [6.07, 6.45) is 3.86. The Bertz CT molecular complexity index is 208. The summed E-state index contributed by atoms with van der Waals surface area (Å²) in [4.78, 5) is 10.5. The van der Waals surface area contributed by atoms with Crippen LogP contribution in [0.15, 0.2) is 11.6 Å². The van der Waals surface area contributed by atoms with Gasteiger partial charge in [-0.05, 0) is 31.8 Å². The number of rotatable bonds is 2. The first-order valence-electron chi connectivity index (χ1n) is 4.22. The molecule has 1 aliphatic rings. The Morgan fingerprint density at radius 1 is 1.75 bits per heavy atom. The fourth-order valence-electron chi connectivity index (χ4n) is 1.44. The van der Waals surface area contributed by atoms with Crippen LogP contribution in [0.1, 0.15) is 26.2 Å². The Hall–Kier alpha value is -0.830. The number of carbonyl (C=O) groups is 1. The highest BCUT2D eigenvalue weighted by Gasteiger charge is 2.19. The summed E-state index contributed by atoms with van der Waals surface area (Å²) in [5.74, 6) is -1.31. The van der Waals surface area contributed by atoms with Crippen molar-refractivity contribution in [3.8, 4) is 0 Å². The van der Waals surface area contributed by atoms with E-state index in [-0.39, 0.29) is 0 Å². The second-order valence-electron chi connectivity index (χ2n) is 3.28. The van der Waals surface area contributed by atoms with Crippen molar-refractivity contribution in [2.75, 3.05) is 0 Å². The molecular weight excluding hydrogens is 156 g/mol. The molecule has 1 fully saturated rings. The molecule has 2 N–H and O–H groups in total. The average molecular weight is 170 g/mol. The summed E-state index contributed by atoms with van der Waals surface area (Å²) >= 11 is 0. The molecule has 1 aliphatic carbocycles. The fourth-order valence-corrected chi connectivity index (χ4v) is 1.44. The van der Waals surface area contributed by atoms with Gasteiger partial charge >= 0.3 is 5.97 Å². The van der Waals surface area contributed by atoms with E-state index in [1.54, 1.807) is 13.0 Å². The van der Waals surface area contributed by atoms with Gasteiger partial charge < -0.3 is 10.2 Å². The first-order valence-corrected chi connectivity index (χ1v) is 4.22. The zero-order chi connectivity index (χ0) is 9.14. The number of aliphatic hydroxyl groups excluding tert-OH is 1. The predicted octanol–water partition coefficient (Wildman–Crippen LogP) is 1.18. The summed E-state index contributed by atoms with van der Waals surface area (Å²) in [5.41, 5.74) is 0.893. The highest BCUT2D eigenvalue weighted by atomic mass is 16.4. The van der Waals surface area contributed by atoms with Gasteiger partial charge in [-0.1, -0.05) is 6.08 Å². The lowest BCUT2D eigenvalue weighted by molar-refractivity contribution is -0.139. The van der Waals surface area contributed by atoms with Crippen LogP contribution in [-0.4, -0.2) is 22.3 Å². The van der Waals surface area contributed by atoms with E-state index in [1.165, 1.54) is 0 Å². The van der Waals surface area contributed by atoms with E-state index in [0.29, 0.717) is 0 Å². The standard InChI is InChI=1S/C9H14O3/c1-6(9(11)12)5-7-3-2-4-8(7)10/h5-6,8,10H,2-4H2,1H3,(H,11,12)/b7-5-. The molecule has 2 atom stereocenters. The zero-order valence-corrected chi connectivity index (χ0v) is 7.16. The highest BCUT2D eigenvalue weighted by molar-refractivity contribution is 5.71. The van der Waals surface area contributed by atoms with E-state index < -0.39 is 18.0 Å². The first kappa shape index (κ1) is 9.26. The average Bonchev–Trinajstić information content (AvgIpc) is 2.36. The van der Waals surface area contributed by atoms with Crippen LogP contribution < -0.4 is 0 Å². The van der Waals surface area contributed by atoms with Crippen LogP contribution in [0.2, 0.25) is 0 Å². The maximum Gasteiger partial charge on any atom is 0.310 e. The highest BCUT2D eigenvalue weighted by Crippen LogP contribution is 2.25. The lowest BCUT2D eigenvalue weighted by Crippen LogP contribution is -2.10. The Morgan fingerprint density at radius 3 is 2.83 bits per heavy atom. The Kier molecular flexibility index (Phi) is 2.87. The number of carboxylic acids is 1. The largest absolute Gasteiger partial charge is 0.481 e. The number of aliphatic hydroxyl groups is 1. The molecular formula is C9H14O3. The third-order valence-corrected chi connectivity index (χ3v) is 2.22. The molecule has 68 valence electrons. The predicted molar refractivity (Wildman–Crippen MR) is 44.7 cm³/mol. The quantitative estimate of drug-likeness (QED) is 0.612. The minimum absolute atomic E-state index is 0.396. The monoisotopic (exact) mass is 170 g/mol. The molecule has 0 saturated heterocycles. The molecule has 0 aliphatic heterocycles. The summed E-state index contributed by atoms with van der Waals surface area (Å²) in [7, 11) is 0. The second-order valence-corrected chi connectivity index (χ2v) is 3.28. The molecule has 0 heterocycles. The Morgan fingerprint density at radius 2 is 2.42 bits per heavy atom. The third kappa shape index (κ3) is 2.08. The van der Waals surface area contributed by atoms with Crippen molar-refractivity contribution in [2.45, 2.75) is 32.3 Å². The van der Waals surface area contributed by atoms with Crippen molar-refractivity contribution >= 4 is 5.97 Å². The molecule has 3 nitrogen and oxygen atoms in total. The van der Waals surface area contributed by atoms with Crippen LogP contribution in [0, 0.1) is 5.92 Å². The van der Waals surface area contributed by atoms with Gasteiger partial charge in [0.05, 0.1) is 12.0 Å². The van der Waals surface area contributed by atoms with E-state index >= 15 is 0 Å². The normalized spacial score (nSPS) is 29.2. The molecule has 12 heavy (non-hydrogen) atoms. The van der Waals surface area contributed by atoms with Crippen LogP contribution in [0.25, 0.3) is 0 Å². The molecule has 1 saturated carbocycles. The van der Waals surface area contributed by atoms with Gasteiger partial charge in [-0.3, -0.25) is 4.79 Å². The molecule has 0 aromatic rings. The molecule has 1 rings (SSSR count). The van der Waals surface area contributed by atoms with E-state index in [4.69, 9.17) is 5.11 Å². The van der Waals surface area contributed by atoms with Gasteiger partial charge in [0.15, 0.2) is 0 Å². The molecule has 0 aromatic heterocycles. The Balaban J connectivity index is 2.61. The Labute approximate surface area is 71.7 Å². The van der Waals surface area contributed by atoms with Crippen LogP contribution in [0.4, 0.5) is 0 Å². The van der Waals surface area contributed by atoms with Crippen molar-refractivity contribution in [1.82, 2.24) is 0 Å². The fraction of sp³-hybridized carbons (Fsp3) is 0.667. The number of carboxylic acid groups (broad SMARTS) is 1. The number of hydrogen-bond acceptors (Lipinski definition) is 2. The van der Waals surface area contributed by atoms with E-state index in [2.05, 4.69) is 0 Å². The third-order valence-electron chi connectivity index (χ3n) is 2.22. The maximum atomic E-state index is 10.5. The molecule has 0 radical (unpaired) electrons. The van der Waals surface area contributed by atoms with Gasteiger partial charge in [-0.15, -0.1) is 0 Å². The van der Waals surface area contributed by atoms with Crippen LogP contribution in [0.5, 0.6) is 0 Å². The molecule has 0 bridgehead atoms. The summed E-state index contributed by atoms with van der Waals surface area (Å²) in [6, 6.07) is 0. The summed E-state index contributed by atoms with van der Waals surface area (Å²) in [5, 5.41) is 18.0. The van der Waals surface area contributed by atoms with E-state index in [0.717, 1.165) is 24.8 Å². The van der Waals surface area contributed by atoms with Crippen LogP contribution >= 0.6 is 0 Å². The molecule has 0 aromatic carbocycles. The van der Waals surface area contributed by atoms with Crippen LogP contribution in [0.3, 0.4) is 0 Å². The maximum absolute atomic E-state index is 10.5. The lowest BCUT2D eigenvalue weighted by Gasteiger charge is -2.05. The smallest absolute Gasteiger partial charge is 0.310 e. The van der Waals surface area contributed by atoms with E-state index in [1.807, 2.05) is 0 Å². The zero-order valence-electron chi connectivity index (χ0n) is 7.16. The van der Waals surface area contributed by atoms with Crippen molar-refractivity contribution < 1.29 is 15.0 Å². The number of aliphatic carboxylic acids is 1. The lowest BCUT2D eigenvalue weighted by atomic mass is 10.1. The first-order chi connectivity index (χ1) is 5.61. The van der Waals surface area contributed by atoms with Gasteiger partial charge in [0.2, 0.25) is 0 Å². The topological polar surface area (TPSA) is 57.5 Å². The minimum atomic E-state index is -0.832. The van der Waals surface area contributed by atoms with Gasteiger partial charge in [-0.2, -0.15) is 0 Å². The minimum Gasteiger partial charge on any atom is -0.481 e. The SMILES string of the molecule is CC(/C=C1/CCCC1O)C(=O)O. The van der Waals surface area contributed by atoms with E-state index in [9.17, 15) is 9.90 Å².